The van der Waals surface area contributed by atoms with Crippen LogP contribution in [0.15, 0.2) is 24.3 Å². The largest absolute Gasteiger partial charge is 0.301 e. The predicted molar refractivity (Wildman–Crippen MR) is 46.4 cm³/mol. The lowest BCUT2D eigenvalue weighted by Crippen LogP contribution is -2.15. The Labute approximate surface area is 76.0 Å². The van der Waals surface area contributed by atoms with Crippen LogP contribution in [0.1, 0.15) is 5.56 Å². The monoisotopic (exact) mass is 193 g/mol. The van der Waals surface area contributed by atoms with Crippen LogP contribution >= 0.6 is 12.4 Å². The molecule has 0 bridgehead atoms. The van der Waals surface area contributed by atoms with E-state index in [2.05, 4.69) is 0 Å². The Bertz CT molecular complexity index is 223. The van der Waals surface area contributed by atoms with Gasteiger partial charge in [0, 0.05) is 6.42 Å². The van der Waals surface area contributed by atoms with Crippen LogP contribution in [0.3, 0.4) is 0 Å². The van der Waals surface area contributed by atoms with Crippen molar-refractivity contribution >= 4 is 12.4 Å². The third kappa shape index (κ3) is 3.64. The summed E-state index contributed by atoms with van der Waals surface area (Å²) in [6.45, 7) is 0. The first-order valence-electron chi connectivity index (χ1n) is 3.32. The fraction of sp³-hybridized carbons (Fsp3) is 0.250. The Morgan fingerprint density at radius 2 is 1.75 bits per heavy atom. The van der Waals surface area contributed by atoms with Gasteiger partial charge in [0.05, 0.1) is 0 Å². The molecular formula is C8H10ClF2N. The first-order chi connectivity index (χ1) is 5.18. The van der Waals surface area contributed by atoms with Gasteiger partial charge in [0.2, 0.25) is 0 Å². The second-order valence-electron chi connectivity index (χ2n) is 2.35. The van der Waals surface area contributed by atoms with Crippen molar-refractivity contribution in [1.82, 2.24) is 0 Å². The Kier molecular flexibility index (Phi) is 4.78. The molecule has 0 aromatic heterocycles. The minimum atomic E-state index is -1.36. The van der Waals surface area contributed by atoms with E-state index in [1.54, 1.807) is 0 Å². The summed E-state index contributed by atoms with van der Waals surface area (Å²) >= 11 is 0. The number of halogens is 3. The molecule has 1 atom stereocenters. The van der Waals surface area contributed by atoms with Gasteiger partial charge in [-0.3, -0.25) is 0 Å². The molecule has 1 rings (SSSR count). The van der Waals surface area contributed by atoms with Gasteiger partial charge in [-0.15, -0.1) is 12.4 Å². The third-order valence-corrected chi connectivity index (χ3v) is 1.34. The smallest absolute Gasteiger partial charge is 0.152 e. The number of benzene rings is 1. The van der Waals surface area contributed by atoms with E-state index in [9.17, 15) is 8.78 Å². The van der Waals surface area contributed by atoms with Crippen LogP contribution in [-0.2, 0) is 6.42 Å². The van der Waals surface area contributed by atoms with Crippen LogP contribution in [0.5, 0.6) is 0 Å². The van der Waals surface area contributed by atoms with E-state index >= 15 is 0 Å². The van der Waals surface area contributed by atoms with E-state index in [1.165, 1.54) is 24.3 Å². The fourth-order valence-electron chi connectivity index (χ4n) is 0.846. The quantitative estimate of drug-likeness (QED) is 0.715. The molecule has 0 aliphatic heterocycles. The van der Waals surface area contributed by atoms with Crippen LogP contribution in [0.25, 0.3) is 0 Å². The molecule has 0 radical (unpaired) electrons. The standard InChI is InChI=1S/C8H9F2N.ClH/c9-7-3-1-6(2-4-7)5-8(10)11;/h1-4,8H,5,11H2;1H. The third-order valence-electron chi connectivity index (χ3n) is 1.34. The maximum absolute atomic E-state index is 12.3. The number of nitrogens with two attached hydrogens (primary N) is 1. The fourth-order valence-corrected chi connectivity index (χ4v) is 0.846. The van der Waals surface area contributed by atoms with Crippen LogP contribution in [0, 0.1) is 5.82 Å². The average molecular weight is 194 g/mol. The van der Waals surface area contributed by atoms with Gasteiger partial charge in [-0.05, 0) is 17.7 Å². The van der Waals surface area contributed by atoms with Crippen molar-refractivity contribution in [1.29, 1.82) is 0 Å². The van der Waals surface area contributed by atoms with Gasteiger partial charge in [0.1, 0.15) is 5.82 Å². The molecule has 0 saturated carbocycles. The zero-order chi connectivity index (χ0) is 8.27. The van der Waals surface area contributed by atoms with Crippen molar-refractivity contribution in [3.63, 3.8) is 0 Å². The number of alkyl halides is 1. The second-order valence-corrected chi connectivity index (χ2v) is 2.35. The second kappa shape index (κ2) is 5.06. The molecule has 0 heterocycles. The van der Waals surface area contributed by atoms with E-state index < -0.39 is 6.30 Å². The molecule has 4 heteroatoms. The van der Waals surface area contributed by atoms with Gasteiger partial charge in [-0.2, -0.15) is 0 Å². The molecule has 0 aliphatic rings. The maximum Gasteiger partial charge on any atom is 0.152 e. The van der Waals surface area contributed by atoms with Gasteiger partial charge in [-0.1, -0.05) is 12.1 Å². The molecule has 0 fully saturated rings. The van der Waals surface area contributed by atoms with Gasteiger partial charge < -0.3 is 5.73 Å². The van der Waals surface area contributed by atoms with Crippen molar-refractivity contribution in [3.8, 4) is 0 Å². The van der Waals surface area contributed by atoms with Crippen molar-refractivity contribution in [2.75, 3.05) is 0 Å². The van der Waals surface area contributed by atoms with Crippen molar-refractivity contribution < 1.29 is 8.78 Å². The first-order valence-corrected chi connectivity index (χ1v) is 3.32. The molecule has 12 heavy (non-hydrogen) atoms. The van der Waals surface area contributed by atoms with Crippen molar-refractivity contribution in [2.45, 2.75) is 12.7 Å². The van der Waals surface area contributed by atoms with Crippen LogP contribution in [-0.4, -0.2) is 6.30 Å². The lowest BCUT2D eigenvalue weighted by molar-refractivity contribution is 0.342. The van der Waals surface area contributed by atoms with Crippen molar-refractivity contribution in [2.24, 2.45) is 5.73 Å². The molecule has 1 nitrogen and oxygen atoms in total. The summed E-state index contributed by atoms with van der Waals surface area (Å²) in [5.41, 5.74) is 5.61. The zero-order valence-corrected chi connectivity index (χ0v) is 7.15. The average Bonchev–Trinajstić information content (AvgIpc) is 1.93. The van der Waals surface area contributed by atoms with Crippen molar-refractivity contribution in [3.05, 3.63) is 35.6 Å². The van der Waals surface area contributed by atoms with E-state index in [4.69, 9.17) is 5.73 Å². The lowest BCUT2D eigenvalue weighted by Gasteiger charge is -2.00. The molecule has 0 aliphatic carbocycles. The van der Waals surface area contributed by atoms with Crippen LogP contribution < -0.4 is 5.73 Å². The van der Waals surface area contributed by atoms with E-state index in [1.807, 2.05) is 0 Å². The minimum Gasteiger partial charge on any atom is -0.301 e. The zero-order valence-electron chi connectivity index (χ0n) is 6.34. The molecule has 0 saturated heterocycles. The first kappa shape index (κ1) is 11.3. The molecule has 2 N–H and O–H groups in total. The maximum atomic E-state index is 12.3. The minimum absolute atomic E-state index is 0. The molecular weight excluding hydrogens is 184 g/mol. The summed E-state index contributed by atoms with van der Waals surface area (Å²) in [5.74, 6) is -0.318. The van der Waals surface area contributed by atoms with Gasteiger partial charge in [-0.25, -0.2) is 8.78 Å². The number of hydrogen-bond donors (Lipinski definition) is 1. The van der Waals surface area contributed by atoms with Gasteiger partial charge in [0.25, 0.3) is 0 Å². The normalized spacial score (nSPS) is 11.9. The molecule has 1 aromatic rings. The van der Waals surface area contributed by atoms with Crippen LogP contribution in [0.4, 0.5) is 8.78 Å². The highest BCUT2D eigenvalue weighted by molar-refractivity contribution is 5.85. The summed E-state index contributed by atoms with van der Waals surface area (Å²) in [7, 11) is 0. The molecule has 0 spiro atoms. The number of rotatable bonds is 2. The lowest BCUT2D eigenvalue weighted by atomic mass is 10.1. The Morgan fingerprint density at radius 1 is 1.25 bits per heavy atom. The topological polar surface area (TPSA) is 26.0 Å². The van der Waals surface area contributed by atoms with E-state index in [0.29, 0.717) is 5.56 Å². The summed E-state index contributed by atoms with van der Waals surface area (Å²) in [5, 5.41) is 0. The summed E-state index contributed by atoms with van der Waals surface area (Å²) in [6.07, 6.45) is -1.22. The highest BCUT2D eigenvalue weighted by Gasteiger charge is 1.99. The Balaban J connectivity index is 0.00000121. The van der Waals surface area contributed by atoms with Crippen LogP contribution in [0.2, 0.25) is 0 Å². The van der Waals surface area contributed by atoms with E-state index in [-0.39, 0.29) is 24.6 Å². The summed E-state index contributed by atoms with van der Waals surface area (Å²) in [6, 6.07) is 5.62. The number of hydrogen-bond acceptors (Lipinski definition) is 1. The summed E-state index contributed by atoms with van der Waals surface area (Å²) in [4.78, 5) is 0. The highest BCUT2D eigenvalue weighted by atomic mass is 35.5. The Morgan fingerprint density at radius 3 is 2.17 bits per heavy atom. The molecule has 1 unspecified atom stereocenters. The highest BCUT2D eigenvalue weighted by Crippen LogP contribution is 2.04. The molecule has 1 aromatic carbocycles. The Hall–Kier alpha value is -0.670. The summed E-state index contributed by atoms with van der Waals surface area (Å²) < 4.78 is 24.5. The predicted octanol–water partition coefficient (Wildman–Crippen LogP) is 2.04. The SMILES string of the molecule is Cl.NC(F)Cc1ccc(F)cc1. The van der Waals surface area contributed by atoms with Gasteiger partial charge >= 0.3 is 0 Å². The molecule has 0 amide bonds. The van der Waals surface area contributed by atoms with Gasteiger partial charge in [0.15, 0.2) is 6.30 Å². The van der Waals surface area contributed by atoms with E-state index in [0.717, 1.165) is 0 Å². The molecule has 68 valence electrons.